The van der Waals surface area contributed by atoms with Crippen molar-refractivity contribution in [1.82, 2.24) is 4.98 Å². The van der Waals surface area contributed by atoms with Gasteiger partial charge in [-0.05, 0) is 19.8 Å². The zero-order valence-corrected chi connectivity index (χ0v) is 14.5. The number of alkyl halides is 2. The van der Waals surface area contributed by atoms with Crippen LogP contribution in [0.1, 0.15) is 42.9 Å². The van der Waals surface area contributed by atoms with E-state index in [1.807, 2.05) is 22.8 Å². The van der Waals surface area contributed by atoms with Crippen LogP contribution in [0.2, 0.25) is 0 Å². The number of anilines is 2. The van der Waals surface area contributed by atoms with Crippen LogP contribution in [0.5, 0.6) is 0 Å². The number of carboxylic acid groups (broad SMARTS) is 1. The molecule has 8 heteroatoms. The number of aliphatic carboxylic acids is 1. The lowest BCUT2D eigenvalue weighted by molar-refractivity contribution is -0.138. The fourth-order valence-corrected chi connectivity index (χ4v) is 4.17. The molecule has 3 heterocycles. The number of pyridine rings is 1. The number of aromatic nitrogens is 1. The van der Waals surface area contributed by atoms with Crippen molar-refractivity contribution < 1.29 is 18.7 Å². The van der Waals surface area contributed by atoms with Gasteiger partial charge in [-0.2, -0.15) is 5.26 Å². The average molecular weight is 362 g/mol. The molecule has 4 rings (SSSR count). The van der Waals surface area contributed by atoms with Crippen LogP contribution in [0.4, 0.5) is 20.4 Å². The topological polar surface area (TPSA) is 80.5 Å². The number of fused-ring (bicyclic) bond motifs is 1. The molecule has 0 radical (unpaired) electrons. The van der Waals surface area contributed by atoms with Crippen molar-refractivity contribution in [2.75, 3.05) is 29.4 Å². The molecule has 1 aliphatic carbocycles. The van der Waals surface area contributed by atoms with E-state index in [0.29, 0.717) is 36.8 Å². The molecule has 138 valence electrons. The highest BCUT2D eigenvalue weighted by Gasteiger charge is 2.47. The van der Waals surface area contributed by atoms with Gasteiger partial charge in [-0.25, -0.2) is 13.8 Å². The van der Waals surface area contributed by atoms with Gasteiger partial charge >= 0.3 is 5.97 Å². The Morgan fingerprint density at radius 2 is 2.15 bits per heavy atom. The van der Waals surface area contributed by atoms with Crippen LogP contribution < -0.4 is 9.80 Å². The normalized spacial score (nSPS) is 23.8. The summed E-state index contributed by atoms with van der Waals surface area (Å²) >= 11 is 0. The standard InChI is InChI=1S/C18H20F2N4O2/c1-10-3-5-24(10)17-13(7-21)15-12(2-4-18(15,19)20)16(22-17)23-8-11(9-23)6-14(25)26/h10-11H,2-6,8-9H2,1H3,(H,25,26). The number of rotatable bonds is 4. The maximum atomic E-state index is 14.6. The van der Waals surface area contributed by atoms with E-state index in [1.54, 1.807) is 0 Å². The second kappa shape index (κ2) is 5.79. The molecule has 1 unspecified atom stereocenters. The van der Waals surface area contributed by atoms with Gasteiger partial charge in [-0.3, -0.25) is 4.79 Å². The van der Waals surface area contributed by atoms with Gasteiger partial charge in [0.2, 0.25) is 0 Å². The molecule has 3 aliphatic rings. The minimum atomic E-state index is -3.02. The third-order valence-electron chi connectivity index (χ3n) is 5.74. The van der Waals surface area contributed by atoms with Gasteiger partial charge < -0.3 is 14.9 Å². The smallest absolute Gasteiger partial charge is 0.303 e. The molecule has 0 saturated carbocycles. The first kappa shape index (κ1) is 17.0. The molecule has 1 aromatic heterocycles. The van der Waals surface area contributed by atoms with Crippen LogP contribution in [-0.2, 0) is 17.1 Å². The summed E-state index contributed by atoms with van der Waals surface area (Å²) in [5, 5.41) is 18.5. The Morgan fingerprint density at radius 3 is 2.69 bits per heavy atom. The van der Waals surface area contributed by atoms with E-state index in [-0.39, 0.29) is 42.3 Å². The molecule has 6 nitrogen and oxygen atoms in total. The predicted molar refractivity (Wildman–Crippen MR) is 90.5 cm³/mol. The fraction of sp³-hybridized carbons (Fsp3) is 0.611. The SMILES string of the molecule is CC1CCN1c1nc(N2CC(CC(=O)O)C2)c2c(c1C#N)C(F)(F)CC2. The van der Waals surface area contributed by atoms with Crippen LogP contribution in [0.3, 0.4) is 0 Å². The fourth-order valence-electron chi connectivity index (χ4n) is 4.17. The molecule has 1 aromatic rings. The molecule has 0 amide bonds. The van der Waals surface area contributed by atoms with E-state index < -0.39 is 11.9 Å². The van der Waals surface area contributed by atoms with Crippen molar-refractivity contribution in [3.05, 3.63) is 16.7 Å². The Morgan fingerprint density at radius 1 is 1.42 bits per heavy atom. The van der Waals surface area contributed by atoms with E-state index in [0.717, 1.165) is 6.42 Å². The molecule has 1 N–H and O–H groups in total. The Kier molecular flexibility index (Phi) is 3.79. The summed E-state index contributed by atoms with van der Waals surface area (Å²) in [5.41, 5.74) is 0.290. The molecule has 2 saturated heterocycles. The summed E-state index contributed by atoms with van der Waals surface area (Å²) in [6, 6.07) is 2.15. The first-order valence-electron chi connectivity index (χ1n) is 8.90. The van der Waals surface area contributed by atoms with Crippen LogP contribution in [0.15, 0.2) is 0 Å². The largest absolute Gasteiger partial charge is 0.481 e. The van der Waals surface area contributed by atoms with Gasteiger partial charge in [0.15, 0.2) is 0 Å². The summed E-state index contributed by atoms with van der Waals surface area (Å²) < 4.78 is 29.1. The van der Waals surface area contributed by atoms with Crippen LogP contribution in [0.25, 0.3) is 0 Å². The van der Waals surface area contributed by atoms with Crippen LogP contribution in [-0.4, -0.2) is 41.7 Å². The van der Waals surface area contributed by atoms with Gasteiger partial charge in [0, 0.05) is 49.1 Å². The summed E-state index contributed by atoms with van der Waals surface area (Å²) in [4.78, 5) is 19.3. The van der Waals surface area contributed by atoms with Crippen LogP contribution in [0, 0.1) is 17.2 Å². The molecule has 26 heavy (non-hydrogen) atoms. The second-order valence-corrected chi connectivity index (χ2v) is 7.50. The quantitative estimate of drug-likeness (QED) is 0.886. The Hall–Kier alpha value is -2.43. The average Bonchev–Trinajstić information content (AvgIpc) is 2.84. The number of hydrogen-bond donors (Lipinski definition) is 1. The molecule has 2 aliphatic heterocycles. The third-order valence-corrected chi connectivity index (χ3v) is 5.74. The van der Waals surface area contributed by atoms with E-state index in [9.17, 15) is 18.8 Å². The Bertz CT molecular complexity index is 814. The van der Waals surface area contributed by atoms with E-state index in [4.69, 9.17) is 5.11 Å². The summed E-state index contributed by atoms with van der Waals surface area (Å²) in [7, 11) is 0. The van der Waals surface area contributed by atoms with Crippen molar-refractivity contribution in [2.45, 2.75) is 44.6 Å². The lowest BCUT2D eigenvalue weighted by atomic mass is 9.94. The number of carbonyl (C=O) groups is 1. The van der Waals surface area contributed by atoms with Crippen molar-refractivity contribution in [1.29, 1.82) is 5.26 Å². The first-order chi connectivity index (χ1) is 12.3. The minimum absolute atomic E-state index is 0.000379. The maximum Gasteiger partial charge on any atom is 0.303 e. The van der Waals surface area contributed by atoms with E-state index in [1.165, 1.54) is 0 Å². The van der Waals surface area contributed by atoms with Gasteiger partial charge in [0.05, 0.1) is 6.42 Å². The van der Waals surface area contributed by atoms with Gasteiger partial charge in [-0.1, -0.05) is 0 Å². The zero-order chi connectivity index (χ0) is 18.6. The third kappa shape index (κ3) is 2.49. The minimum Gasteiger partial charge on any atom is -0.481 e. The Labute approximate surface area is 150 Å². The lowest BCUT2D eigenvalue weighted by Crippen LogP contribution is -2.50. The zero-order valence-electron chi connectivity index (χ0n) is 14.5. The van der Waals surface area contributed by atoms with Crippen molar-refractivity contribution >= 4 is 17.6 Å². The van der Waals surface area contributed by atoms with Gasteiger partial charge in [0.1, 0.15) is 23.3 Å². The van der Waals surface area contributed by atoms with Crippen molar-refractivity contribution in [2.24, 2.45) is 5.92 Å². The number of nitrogens with zero attached hydrogens (tertiary/aromatic N) is 4. The number of carboxylic acids is 1. The van der Waals surface area contributed by atoms with Crippen molar-refractivity contribution in [3.8, 4) is 6.07 Å². The first-order valence-corrected chi connectivity index (χ1v) is 8.90. The molecular formula is C18H20F2N4O2. The number of nitriles is 1. The summed E-state index contributed by atoms with van der Waals surface area (Å²) in [6.45, 7) is 3.69. The molecule has 1 atom stereocenters. The molecule has 0 aromatic carbocycles. The summed E-state index contributed by atoms with van der Waals surface area (Å²) in [5.74, 6) is -3.01. The van der Waals surface area contributed by atoms with E-state index in [2.05, 4.69) is 4.98 Å². The molecule has 0 bridgehead atoms. The van der Waals surface area contributed by atoms with E-state index >= 15 is 0 Å². The van der Waals surface area contributed by atoms with Gasteiger partial charge in [-0.15, -0.1) is 0 Å². The van der Waals surface area contributed by atoms with Crippen molar-refractivity contribution in [3.63, 3.8) is 0 Å². The molecular weight excluding hydrogens is 342 g/mol. The summed E-state index contributed by atoms with van der Waals surface area (Å²) in [6.07, 6.45) is 0.896. The van der Waals surface area contributed by atoms with Crippen LogP contribution >= 0.6 is 0 Å². The molecule has 2 fully saturated rings. The highest BCUT2D eigenvalue weighted by molar-refractivity contribution is 5.71. The lowest BCUT2D eigenvalue weighted by Gasteiger charge is -2.43. The maximum absolute atomic E-state index is 14.6. The molecule has 0 spiro atoms. The second-order valence-electron chi connectivity index (χ2n) is 7.50. The highest BCUT2D eigenvalue weighted by Crippen LogP contribution is 2.49. The predicted octanol–water partition coefficient (Wildman–Crippen LogP) is 2.50. The monoisotopic (exact) mass is 362 g/mol. The number of halogens is 2. The highest BCUT2D eigenvalue weighted by atomic mass is 19.3. The number of hydrogen-bond acceptors (Lipinski definition) is 5. The Balaban J connectivity index is 1.76. The van der Waals surface area contributed by atoms with Gasteiger partial charge in [0.25, 0.3) is 5.92 Å².